The van der Waals surface area contributed by atoms with Gasteiger partial charge in [0, 0.05) is 0 Å². The van der Waals surface area contributed by atoms with Crippen LogP contribution in [0.4, 0.5) is 70.2 Å². The van der Waals surface area contributed by atoms with Crippen LogP contribution in [0.3, 0.4) is 0 Å². The predicted molar refractivity (Wildman–Crippen MR) is 69.4 cm³/mol. The van der Waals surface area contributed by atoms with Gasteiger partial charge in [-0.15, -0.1) is 0 Å². The Morgan fingerprint density at radius 2 is 0.906 bits per heavy atom. The third-order valence-corrected chi connectivity index (χ3v) is 3.71. The molecule has 186 valence electrons. The third-order valence-electron chi connectivity index (χ3n) is 3.71. The lowest BCUT2D eigenvalue weighted by atomic mass is 9.91. The van der Waals surface area contributed by atoms with Gasteiger partial charge in [0.15, 0.2) is 0 Å². The summed E-state index contributed by atoms with van der Waals surface area (Å²) < 4.78 is 212. The molecule has 0 aliphatic rings. The summed E-state index contributed by atoms with van der Waals surface area (Å²) >= 11 is 0. The average molecular weight is 510 g/mol. The van der Waals surface area contributed by atoms with E-state index in [0.717, 1.165) is 0 Å². The van der Waals surface area contributed by atoms with E-state index in [2.05, 4.69) is 4.74 Å². The van der Waals surface area contributed by atoms with Crippen LogP contribution in [0.5, 0.6) is 11.5 Å². The molecule has 0 aliphatic heterocycles. The number of aromatic hydroxyl groups is 1. The number of alkyl halides is 16. The molecule has 18 heteroatoms. The van der Waals surface area contributed by atoms with Crippen molar-refractivity contribution in [2.45, 2.75) is 48.1 Å². The highest BCUT2D eigenvalue weighted by molar-refractivity contribution is 5.30. The Hall–Kier alpha value is -2.30. The van der Waals surface area contributed by atoms with Gasteiger partial charge in [0.1, 0.15) is 11.5 Å². The van der Waals surface area contributed by atoms with Gasteiger partial charge in [0.25, 0.3) is 0 Å². The zero-order valence-electron chi connectivity index (χ0n) is 14.3. The molecule has 2 nitrogen and oxygen atoms in total. The van der Waals surface area contributed by atoms with Gasteiger partial charge in [-0.25, -0.2) is 0 Å². The zero-order valence-corrected chi connectivity index (χ0v) is 14.3. The van der Waals surface area contributed by atoms with Gasteiger partial charge in [0.2, 0.25) is 0 Å². The van der Waals surface area contributed by atoms with E-state index < -0.39 is 59.6 Å². The number of hydrogen-bond donors (Lipinski definition) is 1. The second-order valence-electron chi connectivity index (χ2n) is 5.92. The van der Waals surface area contributed by atoms with E-state index in [-0.39, 0.29) is 0 Å². The van der Waals surface area contributed by atoms with Gasteiger partial charge >= 0.3 is 48.1 Å². The van der Waals surface area contributed by atoms with Crippen LogP contribution in [-0.4, -0.2) is 53.2 Å². The molecule has 0 fully saturated rings. The number of rotatable bonds is 8. The van der Waals surface area contributed by atoms with Gasteiger partial charge in [-0.1, -0.05) is 0 Å². The molecule has 1 N–H and O–H groups in total. The first-order valence-corrected chi connectivity index (χ1v) is 7.33. The molecule has 1 aromatic carbocycles. The minimum Gasteiger partial charge on any atom is -0.508 e. The molecule has 0 heterocycles. The molecule has 1 atom stereocenters. The van der Waals surface area contributed by atoms with Crippen LogP contribution < -0.4 is 4.74 Å². The van der Waals surface area contributed by atoms with E-state index in [1.54, 1.807) is 0 Å². The van der Waals surface area contributed by atoms with Crippen LogP contribution in [0.2, 0.25) is 0 Å². The van der Waals surface area contributed by atoms with E-state index in [0.29, 0.717) is 24.3 Å². The summed E-state index contributed by atoms with van der Waals surface area (Å²) in [4.78, 5) is 0. The molecule has 0 aliphatic carbocycles. The number of hydrogen-bond acceptors (Lipinski definition) is 2. The Labute approximate surface area is 165 Å². The molecule has 1 rings (SSSR count). The van der Waals surface area contributed by atoms with Crippen LogP contribution in [0.15, 0.2) is 24.3 Å². The Morgan fingerprint density at radius 1 is 0.562 bits per heavy atom. The highest BCUT2D eigenvalue weighted by Gasteiger charge is 2.94. The first kappa shape index (κ1) is 27.7. The summed E-state index contributed by atoms with van der Waals surface area (Å²) in [5, 5.41) is 8.86. The molecule has 1 aromatic rings. The Balaban J connectivity index is 3.45. The lowest BCUT2D eigenvalue weighted by molar-refractivity contribution is -0.457. The Morgan fingerprint density at radius 3 is 1.28 bits per heavy atom. The third kappa shape index (κ3) is 3.84. The van der Waals surface area contributed by atoms with Gasteiger partial charge in [-0.2, -0.15) is 70.2 Å². The Kier molecular flexibility index (Phi) is 6.62. The Bertz CT molecular complexity index is 798. The fourth-order valence-electron chi connectivity index (χ4n) is 1.84. The van der Waals surface area contributed by atoms with Crippen LogP contribution in [-0.2, 0) is 0 Å². The van der Waals surface area contributed by atoms with Crippen molar-refractivity contribution in [3.8, 4) is 11.5 Å². The summed E-state index contributed by atoms with van der Waals surface area (Å²) in [5.74, 6) is -50.6. The van der Waals surface area contributed by atoms with Crippen molar-refractivity contribution in [3.63, 3.8) is 0 Å². The summed E-state index contributed by atoms with van der Waals surface area (Å²) in [6, 6.07) is 1.75. The largest absolute Gasteiger partial charge is 0.508 e. The smallest absolute Gasteiger partial charge is 0.460 e. The lowest BCUT2D eigenvalue weighted by Gasteiger charge is -2.41. The van der Waals surface area contributed by atoms with Crippen molar-refractivity contribution in [1.29, 1.82) is 0 Å². The summed E-state index contributed by atoms with van der Waals surface area (Å²) in [5.41, 5.74) is 0. The van der Waals surface area contributed by atoms with Crippen molar-refractivity contribution >= 4 is 0 Å². The quantitative estimate of drug-likeness (QED) is 0.408. The second-order valence-corrected chi connectivity index (χ2v) is 5.92. The van der Waals surface area contributed by atoms with Crippen molar-refractivity contribution in [2.24, 2.45) is 0 Å². The fourth-order valence-corrected chi connectivity index (χ4v) is 1.84. The molecule has 32 heavy (non-hydrogen) atoms. The monoisotopic (exact) mass is 510 g/mol. The van der Waals surface area contributed by atoms with Gasteiger partial charge < -0.3 is 9.84 Å². The topological polar surface area (TPSA) is 29.5 Å². The van der Waals surface area contributed by atoms with E-state index in [9.17, 15) is 70.2 Å². The highest BCUT2D eigenvalue weighted by atomic mass is 19.4. The number of phenolic OH excluding ortho intramolecular Hbond substituents is 1. The SMILES string of the molecule is Oc1ccc(OC(F)C(F)(F)C(F)(F)C(F)(F)C(F)(F)C(F)(F)C(F)(F)C(F)(F)F)cc1. The van der Waals surface area contributed by atoms with Crippen molar-refractivity contribution in [1.82, 2.24) is 0 Å². The first-order valence-electron chi connectivity index (χ1n) is 7.33. The predicted octanol–water partition coefficient (Wildman–Crippen LogP) is 6.44. The van der Waals surface area contributed by atoms with Gasteiger partial charge in [-0.05, 0) is 24.3 Å². The number of ether oxygens (including phenoxy) is 1. The maximum atomic E-state index is 13.5. The second kappa shape index (κ2) is 7.64. The summed E-state index contributed by atoms with van der Waals surface area (Å²) in [6.07, 6.45) is -12.8. The molecule has 0 saturated carbocycles. The minimum absolute atomic E-state index is 0.348. The maximum absolute atomic E-state index is 13.5. The van der Waals surface area contributed by atoms with Gasteiger partial charge in [-0.3, -0.25) is 0 Å². The van der Waals surface area contributed by atoms with Gasteiger partial charge in [0.05, 0.1) is 0 Å². The molecular formula is C14H6F16O2. The molecule has 0 amide bonds. The van der Waals surface area contributed by atoms with Crippen molar-refractivity contribution in [3.05, 3.63) is 24.3 Å². The van der Waals surface area contributed by atoms with E-state index in [1.807, 2.05) is 0 Å². The highest BCUT2D eigenvalue weighted by Crippen LogP contribution is 2.62. The molecule has 0 radical (unpaired) electrons. The molecular weight excluding hydrogens is 504 g/mol. The normalized spacial score (nSPS) is 16.1. The van der Waals surface area contributed by atoms with Crippen LogP contribution >= 0.6 is 0 Å². The molecule has 0 bridgehead atoms. The molecule has 0 spiro atoms. The zero-order chi connectivity index (χ0) is 25.8. The first-order chi connectivity index (χ1) is 13.9. The fraction of sp³-hybridized carbons (Fsp3) is 0.571. The molecule has 1 unspecified atom stereocenters. The number of halogens is 16. The minimum atomic E-state index is -8.51. The molecule has 0 saturated heterocycles. The number of phenols is 1. The van der Waals surface area contributed by atoms with Crippen LogP contribution in [0, 0.1) is 0 Å². The van der Waals surface area contributed by atoms with Crippen LogP contribution in [0.25, 0.3) is 0 Å². The standard InChI is InChI=1S/C14H6F16O2/c15-7(32-6-3-1-5(31)2-4-6)8(16,17)9(18,19)10(20,21)11(22,23)12(24,25)13(26,27)14(28,29)30/h1-4,7,31H. The average Bonchev–Trinajstić information content (AvgIpc) is 2.61. The number of benzene rings is 1. The van der Waals surface area contributed by atoms with E-state index >= 15 is 0 Å². The van der Waals surface area contributed by atoms with Crippen molar-refractivity contribution < 1.29 is 80.1 Å². The summed E-state index contributed by atoms with van der Waals surface area (Å²) in [6.45, 7) is 0. The van der Waals surface area contributed by atoms with Crippen molar-refractivity contribution in [2.75, 3.05) is 0 Å². The van der Waals surface area contributed by atoms with E-state index in [4.69, 9.17) is 5.11 Å². The molecule has 0 aromatic heterocycles. The van der Waals surface area contributed by atoms with E-state index in [1.165, 1.54) is 0 Å². The lowest BCUT2D eigenvalue weighted by Crippen LogP contribution is -2.73. The summed E-state index contributed by atoms with van der Waals surface area (Å²) in [7, 11) is 0. The maximum Gasteiger partial charge on any atom is 0.460 e. The van der Waals surface area contributed by atoms with Crippen LogP contribution in [0.1, 0.15) is 0 Å².